The van der Waals surface area contributed by atoms with Crippen molar-refractivity contribution in [2.45, 2.75) is 20.8 Å². The molecule has 0 saturated carbocycles. The molecule has 0 spiro atoms. The van der Waals surface area contributed by atoms with Crippen LogP contribution in [0.5, 0.6) is 0 Å². The van der Waals surface area contributed by atoms with E-state index >= 15 is 0 Å². The molecule has 1 fully saturated rings. The minimum atomic E-state index is -0.145. The third kappa shape index (κ3) is 4.44. The van der Waals surface area contributed by atoms with E-state index in [0.717, 1.165) is 49.8 Å². The molecule has 1 saturated heterocycles. The highest BCUT2D eigenvalue weighted by atomic mass is 35.5. The summed E-state index contributed by atoms with van der Waals surface area (Å²) in [7, 11) is 0. The number of hydrogen-bond donors (Lipinski definition) is 2. The lowest BCUT2D eigenvalue weighted by atomic mass is 10.1. The number of fused-ring (bicyclic) bond motifs is 1. The van der Waals surface area contributed by atoms with Gasteiger partial charge in [0.1, 0.15) is 11.5 Å². The summed E-state index contributed by atoms with van der Waals surface area (Å²) in [6, 6.07) is 3.71. The molecular weight excluding hydrogens is 394 g/mol. The molecule has 0 unspecified atom stereocenters. The van der Waals surface area contributed by atoms with Gasteiger partial charge in [0.15, 0.2) is 0 Å². The summed E-state index contributed by atoms with van der Waals surface area (Å²) in [5.74, 6) is 1.41. The maximum atomic E-state index is 13.0. The second kappa shape index (κ2) is 8.94. The SMILES string of the molecule is Cc1cc(-c2cc(C(=O)NCCN3CCNCC3)c3c(C)noc3n2)c(C)o1.Cl. The van der Waals surface area contributed by atoms with Crippen LogP contribution in [0.25, 0.3) is 22.4 Å². The highest BCUT2D eigenvalue weighted by Gasteiger charge is 2.21. The van der Waals surface area contributed by atoms with Crippen LogP contribution in [0.3, 0.4) is 0 Å². The van der Waals surface area contributed by atoms with Crippen molar-refractivity contribution in [3.05, 3.63) is 34.9 Å². The minimum absolute atomic E-state index is 0. The van der Waals surface area contributed by atoms with Crippen molar-refractivity contribution in [3.8, 4) is 11.3 Å². The Kier molecular flexibility index (Phi) is 6.56. The van der Waals surface area contributed by atoms with Gasteiger partial charge in [0.05, 0.1) is 22.3 Å². The van der Waals surface area contributed by atoms with Gasteiger partial charge in [0, 0.05) is 44.8 Å². The summed E-state index contributed by atoms with van der Waals surface area (Å²) in [5, 5.41) is 11.0. The van der Waals surface area contributed by atoms with E-state index in [2.05, 4.69) is 25.7 Å². The van der Waals surface area contributed by atoms with E-state index < -0.39 is 0 Å². The highest BCUT2D eigenvalue weighted by Crippen LogP contribution is 2.30. The molecule has 8 nitrogen and oxygen atoms in total. The molecule has 0 aromatic carbocycles. The number of furan rings is 1. The molecule has 3 aromatic heterocycles. The van der Waals surface area contributed by atoms with E-state index in [1.54, 1.807) is 6.07 Å². The van der Waals surface area contributed by atoms with Crippen LogP contribution in [0.4, 0.5) is 0 Å². The Morgan fingerprint density at radius 3 is 2.69 bits per heavy atom. The number of piperazine rings is 1. The summed E-state index contributed by atoms with van der Waals surface area (Å²) < 4.78 is 11.0. The summed E-state index contributed by atoms with van der Waals surface area (Å²) in [5.41, 5.74) is 3.03. The van der Waals surface area contributed by atoms with Crippen molar-refractivity contribution in [2.75, 3.05) is 39.3 Å². The molecule has 3 aromatic rings. The largest absolute Gasteiger partial charge is 0.466 e. The number of carbonyl (C=O) groups excluding carboxylic acids is 1. The molecule has 0 aliphatic carbocycles. The van der Waals surface area contributed by atoms with Gasteiger partial charge < -0.3 is 19.6 Å². The summed E-state index contributed by atoms with van der Waals surface area (Å²) in [4.78, 5) is 19.9. The van der Waals surface area contributed by atoms with E-state index in [0.29, 0.717) is 34.6 Å². The predicted octanol–water partition coefficient (Wildman–Crippen LogP) is 2.46. The van der Waals surface area contributed by atoms with Gasteiger partial charge in [-0.3, -0.25) is 9.69 Å². The molecule has 1 amide bonds. The number of amides is 1. The van der Waals surface area contributed by atoms with Crippen LogP contribution >= 0.6 is 12.4 Å². The van der Waals surface area contributed by atoms with Gasteiger partial charge in [-0.25, -0.2) is 4.98 Å². The lowest BCUT2D eigenvalue weighted by Gasteiger charge is -2.27. The molecule has 4 heterocycles. The molecule has 1 aliphatic rings. The fourth-order valence-electron chi connectivity index (χ4n) is 3.65. The summed E-state index contributed by atoms with van der Waals surface area (Å²) >= 11 is 0. The lowest BCUT2D eigenvalue weighted by Crippen LogP contribution is -2.46. The average Bonchev–Trinajstić information content (AvgIpc) is 3.23. The first kappa shape index (κ1) is 21.3. The smallest absolute Gasteiger partial charge is 0.259 e. The molecule has 0 bridgehead atoms. The van der Waals surface area contributed by atoms with Crippen molar-refractivity contribution in [3.63, 3.8) is 0 Å². The molecule has 0 radical (unpaired) electrons. The van der Waals surface area contributed by atoms with Crippen molar-refractivity contribution >= 4 is 29.4 Å². The monoisotopic (exact) mass is 419 g/mol. The number of hydrogen-bond acceptors (Lipinski definition) is 7. The molecule has 29 heavy (non-hydrogen) atoms. The van der Waals surface area contributed by atoms with E-state index in [4.69, 9.17) is 8.94 Å². The van der Waals surface area contributed by atoms with Gasteiger partial charge in [0.2, 0.25) is 0 Å². The number of aromatic nitrogens is 2. The second-order valence-corrected chi connectivity index (χ2v) is 7.18. The average molecular weight is 420 g/mol. The summed E-state index contributed by atoms with van der Waals surface area (Å²) in [6.07, 6.45) is 0. The first-order valence-corrected chi connectivity index (χ1v) is 9.58. The first-order chi connectivity index (χ1) is 13.5. The Bertz CT molecular complexity index is 1010. The quantitative estimate of drug-likeness (QED) is 0.655. The molecule has 4 rings (SSSR count). The number of nitrogens with zero attached hydrogens (tertiary/aromatic N) is 3. The van der Waals surface area contributed by atoms with Gasteiger partial charge in [-0.05, 0) is 32.9 Å². The van der Waals surface area contributed by atoms with Crippen molar-refractivity contribution in [1.82, 2.24) is 25.7 Å². The molecule has 156 valence electrons. The zero-order valence-corrected chi connectivity index (χ0v) is 17.7. The normalized spacial score (nSPS) is 14.7. The first-order valence-electron chi connectivity index (χ1n) is 9.58. The van der Waals surface area contributed by atoms with Gasteiger partial charge in [0.25, 0.3) is 11.6 Å². The van der Waals surface area contributed by atoms with E-state index in [1.165, 1.54) is 0 Å². The van der Waals surface area contributed by atoms with Crippen LogP contribution in [0.2, 0.25) is 0 Å². The van der Waals surface area contributed by atoms with E-state index in [-0.39, 0.29) is 18.3 Å². The fraction of sp³-hybridized carbons (Fsp3) is 0.450. The van der Waals surface area contributed by atoms with Crippen LogP contribution in [0.15, 0.2) is 21.1 Å². The van der Waals surface area contributed by atoms with Crippen LogP contribution in [-0.4, -0.2) is 60.2 Å². The van der Waals surface area contributed by atoms with Gasteiger partial charge in [-0.1, -0.05) is 5.16 Å². The van der Waals surface area contributed by atoms with Crippen LogP contribution in [0.1, 0.15) is 27.6 Å². The summed E-state index contributed by atoms with van der Waals surface area (Å²) in [6.45, 7) is 11.0. The maximum Gasteiger partial charge on any atom is 0.259 e. The number of carbonyl (C=O) groups is 1. The Morgan fingerprint density at radius 1 is 1.24 bits per heavy atom. The van der Waals surface area contributed by atoms with Crippen molar-refractivity contribution in [2.24, 2.45) is 0 Å². The zero-order chi connectivity index (χ0) is 19.7. The standard InChI is InChI=1S/C20H25N5O3.ClH/c1-12-10-15(14(3)27-12)17-11-16(18-13(2)24-28-20(18)23-17)19(26)22-6-9-25-7-4-21-5-8-25;/h10-11,21H,4-9H2,1-3H3,(H,22,26);1H. The molecule has 9 heteroatoms. The van der Waals surface area contributed by atoms with Gasteiger partial charge >= 0.3 is 0 Å². The van der Waals surface area contributed by atoms with E-state index in [1.807, 2.05) is 26.8 Å². The Hall–Kier alpha value is -2.42. The highest BCUT2D eigenvalue weighted by molar-refractivity contribution is 6.07. The number of halogens is 1. The number of rotatable bonds is 5. The third-order valence-electron chi connectivity index (χ3n) is 5.10. The minimum Gasteiger partial charge on any atom is -0.466 e. The topological polar surface area (TPSA) is 96.4 Å². The number of nitrogens with one attached hydrogen (secondary N) is 2. The van der Waals surface area contributed by atoms with Crippen molar-refractivity contribution in [1.29, 1.82) is 0 Å². The number of aryl methyl sites for hydroxylation is 3. The Balaban J connectivity index is 0.00000240. The Morgan fingerprint density at radius 2 is 2.00 bits per heavy atom. The van der Waals surface area contributed by atoms with Crippen LogP contribution in [0, 0.1) is 20.8 Å². The lowest BCUT2D eigenvalue weighted by molar-refractivity contribution is 0.0949. The predicted molar refractivity (Wildman–Crippen MR) is 113 cm³/mol. The Labute approximate surface area is 175 Å². The molecular formula is C20H26ClN5O3. The van der Waals surface area contributed by atoms with Gasteiger partial charge in [-0.15, -0.1) is 12.4 Å². The van der Waals surface area contributed by atoms with Crippen LogP contribution < -0.4 is 10.6 Å². The molecule has 0 atom stereocenters. The second-order valence-electron chi connectivity index (χ2n) is 7.18. The third-order valence-corrected chi connectivity index (χ3v) is 5.10. The maximum absolute atomic E-state index is 13.0. The fourth-order valence-corrected chi connectivity index (χ4v) is 3.65. The van der Waals surface area contributed by atoms with Crippen LogP contribution in [-0.2, 0) is 0 Å². The molecule has 1 aliphatic heterocycles. The van der Waals surface area contributed by atoms with Crippen molar-refractivity contribution < 1.29 is 13.7 Å². The number of pyridine rings is 1. The van der Waals surface area contributed by atoms with E-state index in [9.17, 15) is 4.79 Å². The van der Waals surface area contributed by atoms with Gasteiger partial charge in [-0.2, -0.15) is 0 Å². The zero-order valence-electron chi connectivity index (χ0n) is 16.9. The molecule has 2 N–H and O–H groups in total.